The van der Waals surface area contributed by atoms with Gasteiger partial charge in [0.15, 0.2) is 0 Å². The van der Waals surface area contributed by atoms with Crippen LogP contribution in [0, 0.1) is 0 Å². The van der Waals surface area contributed by atoms with Gasteiger partial charge in [0, 0.05) is 24.6 Å². The molecule has 1 heterocycles. The number of amides is 2. The molecule has 1 aromatic heterocycles. The lowest BCUT2D eigenvalue weighted by Gasteiger charge is -2.11. The summed E-state index contributed by atoms with van der Waals surface area (Å²) in [5.41, 5.74) is 1.40. The Morgan fingerprint density at radius 3 is 2.36 bits per heavy atom. The minimum Gasteiger partial charge on any atom is -0.495 e. The fourth-order valence-electron chi connectivity index (χ4n) is 2.54. The van der Waals surface area contributed by atoms with E-state index < -0.39 is 15.9 Å². The van der Waals surface area contributed by atoms with Crippen LogP contribution in [0.25, 0.3) is 0 Å². The van der Waals surface area contributed by atoms with Crippen molar-refractivity contribution in [2.24, 2.45) is 0 Å². The zero-order valence-corrected chi connectivity index (χ0v) is 15.9. The first-order chi connectivity index (χ1) is 13.5. The Morgan fingerprint density at radius 1 is 1.00 bits per heavy atom. The van der Waals surface area contributed by atoms with Crippen LogP contribution < -0.4 is 15.4 Å². The van der Waals surface area contributed by atoms with Gasteiger partial charge in [0.05, 0.1) is 12.0 Å². The second kappa shape index (κ2) is 8.53. The average molecular weight is 397 g/mol. The molecule has 0 bridgehead atoms. The lowest BCUT2D eigenvalue weighted by molar-refractivity contribution is 0.251. The number of sulfone groups is 1. The number of methoxy groups -OCH3 is 1. The van der Waals surface area contributed by atoms with Crippen molar-refractivity contribution in [2.75, 3.05) is 12.4 Å². The number of benzene rings is 2. The summed E-state index contributed by atoms with van der Waals surface area (Å²) in [4.78, 5) is 16.1. The number of rotatable bonds is 6. The van der Waals surface area contributed by atoms with Crippen molar-refractivity contribution in [3.63, 3.8) is 0 Å². The highest BCUT2D eigenvalue weighted by molar-refractivity contribution is 7.91. The maximum absolute atomic E-state index is 12.8. The smallest absolute Gasteiger partial charge is 0.319 e. The number of carbonyl (C=O) groups is 1. The Hall–Kier alpha value is -3.39. The van der Waals surface area contributed by atoms with E-state index in [0.717, 1.165) is 5.56 Å². The van der Waals surface area contributed by atoms with Crippen molar-refractivity contribution in [1.29, 1.82) is 0 Å². The molecular formula is C20H19N3O4S. The van der Waals surface area contributed by atoms with E-state index in [1.54, 1.807) is 42.7 Å². The van der Waals surface area contributed by atoms with Gasteiger partial charge in [0.2, 0.25) is 9.84 Å². The van der Waals surface area contributed by atoms with Crippen LogP contribution >= 0.6 is 0 Å². The van der Waals surface area contributed by atoms with Crippen LogP contribution in [-0.2, 0) is 16.4 Å². The molecule has 0 fully saturated rings. The van der Waals surface area contributed by atoms with Gasteiger partial charge in [0.25, 0.3) is 0 Å². The second-order valence-corrected chi connectivity index (χ2v) is 7.76. The van der Waals surface area contributed by atoms with Gasteiger partial charge in [-0.3, -0.25) is 4.98 Å². The number of para-hydroxylation sites is 1. The van der Waals surface area contributed by atoms with Crippen LogP contribution in [-0.4, -0.2) is 26.5 Å². The molecule has 0 saturated carbocycles. The van der Waals surface area contributed by atoms with E-state index in [4.69, 9.17) is 4.74 Å². The number of nitrogens with one attached hydrogen (secondary N) is 2. The number of ether oxygens (including phenoxy) is 1. The fraction of sp³-hybridized carbons (Fsp3) is 0.100. The molecule has 0 atom stereocenters. The van der Waals surface area contributed by atoms with Crippen molar-refractivity contribution in [3.8, 4) is 5.75 Å². The Kier molecular flexibility index (Phi) is 5.90. The summed E-state index contributed by atoms with van der Waals surface area (Å²) in [6, 6.07) is 15.6. The molecule has 0 radical (unpaired) electrons. The zero-order valence-electron chi connectivity index (χ0n) is 15.1. The Balaban J connectivity index is 1.68. The van der Waals surface area contributed by atoms with Crippen LogP contribution in [0.5, 0.6) is 5.75 Å². The Bertz CT molecular complexity index is 1050. The van der Waals surface area contributed by atoms with E-state index in [-0.39, 0.29) is 15.5 Å². The van der Waals surface area contributed by atoms with Crippen molar-refractivity contribution in [2.45, 2.75) is 16.3 Å². The molecule has 0 aliphatic carbocycles. The molecule has 7 nitrogen and oxygen atoms in total. The highest BCUT2D eigenvalue weighted by Gasteiger charge is 2.21. The third-order valence-electron chi connectivity index (χ3n) is 3.98. The molecule has 2 N–H and O–H groups in total. The molecule has 0 aliphatic heterocycles. The molecule has 3 rings (SSSR count). The fourth-order valence-corrected chi connectivity index (χ4v) is 3.97. The number of hydrogen-bond donors (Lipinski definition) is 2. The van der Waals surface area contributed by atoms with E-state index in [0.29, 0.717) is 12.2 Å². The number of anilines is 1. The predicted molar refractivity (Wildman–Crippen MR) is 105 cm³/mol. The number of aromatic nitrogens is 1. The third-order valence-corrected chi connectivity index (χ3v) is 5.79. The van der Waals surface area contributed by atoms with Crippen LogP contribution in [0.1, 0.15) is 5.56 Å². The molecule has 144 valence electrons. The summed E-state index contributed by atoms with van der Waals surface area (Å²) in [5, 5.41) is 5.39. The summed E-state index contributed by atoms with van der Waals surface area (Å²) in [7, 11) is -2.31. The molecule has 2 aromatic carbocycles. The standard InChI is InChI=1S/C20H19N3O4S/c1-27-18-4-2-3-5-19(18)28(25,26)17-8-6-16(7-9-17)23-20(24)22-14-15-10-12-21-13-11-15/h2-13H,14H2,1H3,(H2,22,23,24). The van der Waals surface area contributed by atoms with Gasteiger partial charge in [-0.05, 0) is 54.1 Å². The molecule has 2 amide bonds. The van der Waals surface area contributed by atoms with Crippen molar-refractivity contribution >= 4 is 21.6 Å². The van der Waals surface area contributed by atoms with E-state index in [1.165, 1.54) is 37.4 Å². The van der Waals surface area contributed by atoms with Crippen LogP contribution in [0.3, 0.4) is 0 Å². The Labute approximate surface area is 163 Å². The highest BCUT2D eigenvalue weighted by Crippen LogP contribution is 2.29. The molecule has 28 heavy (non-hydrogen) atoms. The largest absolute Gasteiger partial charge is 0.495 e. The van der Waals surface area contributed by atoms with Gasteiger partial charge in [-0.15, -0.1) is 0 Å². The molecule has 0 spiro atoms. The van der Waals surface area contributed by atoms with Gasteiger partial charge in [-0.1, -0.05) is 12.1 Å². The molecule has 0 aliphatic rings. The van der Waals surface area contributed by atoms with E-state index in [9.17, 15) is 13.2 Å². The minimum atomic E-state index is -3.73. The highest BCUT2D eigenvalue weighted by atomic mass is 32.2. The van der Waals surface area contributed by atoms with Crippen molar-refractivity contribution in [3.05, 3.63) is 78.6 Å². The first-order valence-electron chi connectivity index (χ1n) is 8.42. The summed E-state index contributed by atoms with van der Waals surface area (Å²) >= 11 is 0. The normalized spacial score (nSPS) is 10.9. The third kappa shape index (κ3) is 4.47. The summed E-state index contributed by atoms with van der Waals surface area (Å²) in [5.74, 6) is 0.278. The van der Waals surface area contributed by atoms with Crippen molar-refractivity contribution < 1.29 is 17.9 Å². The van der Waals surface area contributed by atoms with Gasteiger partial charge >= 0.3 is 6.03 Å². The van der Waals surface area contributed by atoms with Crippen molar-refractivity contribution in [1.82, 2.24) is 10.3 Å². The van der Waals surface area contributed by atoms with E-state index >= 15 is 0 Å². The van der Waals surface area contributed by atoms with Gasteiger partial charge in [0.1, 0.15) is 10.6 Å². The van der Waals surface area contributed by atoms with E-state index in [2.05, 4.69) is 15.6 Å². The van der Waals surface area contributed by atoms with Crippen LogP contribution in [0.2, 0.25) is 0 Å². The zero-order chi connectivity index (χ0) is 20.0. The van der Waals surface area contributed by atoms with Gasteiger partial charge in [-0.2, -0.15) is 0 Å². The predicted octanol–water partition coefficient (Wildman–Crippen LogP) is 3.24. The number of hydrogen-bond acceptors (Lipinski definition) is 5. The van der Waals surface area contributed by atoms with Crippen LogP contribution in [0.15, 0.2) is 82.8 Å². The number of carbonyl (C=O) groups excluding carboxylic acids is 1. The Morgan fingerprint density at radius 2 is 1.68 bits per heavy atom. The minimum absolute atomic E-state index is 0.0910. The SMILES string of the molecule is COc1ccccc1S(=O)(=O)c1ccc(NC(=O)NCc2ccncc2)cc1. The summed E-state index contributed by atoms with van der Waals surface area (Å²) in [6.07, 6.45) is 3.30. The summed E-state index contributed by atoms with van der Waals surface area (Å²) < 4.78 is 30.8. The quantitative estimate of drug-likeness (QED) is 0.665. The average Bonchev–Trinajstić information content (AvgIpc) is 2.73. The molecule has 8 heteroatoms. The number of pyridine rings is 1. The maximum atomic E-state index is 12.8. The number of urea groups is 1. The lowest BCUT2D eigenvalue weighted by Crippen LogP contribution is -2.28. The lowest BCUT2D eigenvalue weighted by atomic mass is 10.3. The maximum Gasteiger partial charge on any atom is 0.319 e. The molecular weight excluding hydrogens is 378 g/mol. The van der Waals surface area contributed by atoms with Gasteiger partial charge in [-0.25, -0.2) is 13.2 Å². The monoisotopic (exact) mass is 397 g/mol. The van der Waals surface area contributed by atoms with Gasteiger partial charge < -0.3 is 15.4 Å². The topological polar surface area (TPSA) is 97.4 Å². The van der Waals surface area contributed by atoms with Crippen LogP contribution in [0.4, 0.5) is 10.5 Å². The van der Waals surface area contributed by atoms with E-state index in [1.807, 2.05) is 0 Å². The first-order valence-corrected chi connectivity index (χ1v) is 9.91. The number of nitrogens with zero attached hydrogens (tertiary/aromatic N) is 1. The summed E-state index contributed by atoms with van der Waals surface area (Å²) in [6.45, 7) is 0.356. The second-order valence-electron chi connectivity index (χ2n) is 5.84. The molecule has 0 saturated heterocycles. The molecule has 0 unspecified atom stereocenters. The first kappa shape index (κ1) is 19.4. The molecule has 3 aromatic rings.